The van der Waals surface area contributed by atoms with E-state index in [0.29, 0.717) is 28.2 Å². The highest BCUT2D eigenvalue weighted by atomic mass is 35.5. The number of fused-ring (bicyclic) bond motifs is 2. The lowest BCUT2D eigenvalue weighted by Crippen LogP contribution is -2.51. The molecule has 1 aliphatic rings. The van der Waals surface area contributed by atoms with Gasteiger partial charge in [-0.3, -0.25) is 9.69 Å². The molecule has 2 aromatic carbocycles. The van der Waals surface area contributed by atoms with Crippen LogP contribution in [0.1, 0.15) is 18.9 Å². The summed E-state index contributed by atoms with van der Waals surface area (Å²) in [6.45, 7) is 5.04. The molecule has 0 N–H and O–H groups in total. The summed E-state index contributed by atoms with van der Waals surface area (Å²) >= 11 is 7.71. The minimum Gasteiger partial charge on any atom is -0.482 e. The molecule has 0 bridgehead atoms. The van der Waals surface area contributed by atoms with Crippen molar-refractivity contribution in [1.82, 2.24) is 14.5 Å². The molecule has 5 rings (SSSR count). The summed E-state index contributed by atoms with van der Waals surface area (Å²) in [4.78, 5) is 24.4. The zero-order valence-corrected chi connectivity index (χ0v) is 19.8. The molecule has 2 unspecified atom stereocenters. The van der Waals surface area contributed by atoms with Gasteiger partial charge in [0.1, 0.15) is 6.10 Å². The molecular weight excluding hydrogens is 460 g/mol. The third-order valence-electron chi connectivity index (χ3n) is 5.58. The molecule has 170 valence electrons. The number of amides is 1. The second-order valence-electron chi connectivity index (χ2n) is 8.02. The highest BCUT2D eigenvalue weighted by Gasteiger charge is 2.38. The predicted octanol–water partition coefficient (Wildman–Crippen LogP) is 5.11. The zero-order valence-electron chi connectivity index (χ0n) is 18.3. The lowest BCUT2D eigenvalue weighted by atomic mass is 10.1. The van der Waals surface area contributed by atoms with E-state index in [9.17, 15) is 4.79 Å². The van der Waals surface area contributed by atoms with Crippen LogP contribution in [0, 0.1) is 6.92 Å². The normalized spacial score (nSPS) is 17.3. The molecule has 2 aromatic heterocycles. The number of aryl methyl sites for hydroxylation is 2. The monoisotopic (exact) mass is 482 g/mol. The number of halogens is 1. The number of ether oxygens (including phenoxy) is 2. The maximum absolute atomic E-state index is 13.8. The van der Waals surface area contributed by atoms with Crippen molar-refractivity contribution in [3.63, 3.8) is 0 Å². The molecule has 4 aromatic rings. The van der Waals surface area contributed by atoms with Gasteiger partial charge in [-0.15, -0.1) is 0 Å². The molecule has 1 amide bonds. The van der Waals surface area contributed by atoms with Gasteiger partial charge in [-0.05, 0) is 50.1 Å². The van der Waals surface area contributed by atoms with Gasteiger partial charge in [0.15, 0.2) is 16.6 Å². The molecule has 33 heavy (non-hydrogen) atoms. The van der Waals surface area contributed by atoms with Crippen molar-refractivity contribution in [3.05, 3.63) is 65.7 Å². The maximum Gasteiger partial charge on any atom is 0.273 e. The van der Waals surface area contributed by atoms with E-state index >= 15 is 0 Å². The van der Waals surface area contributed by atoms with Gasteiger partial charge in [-0.1, -0.05) is 35.1 Å². The molecule has 2 atom stereocenters. The number of rotatable bonds is 6. The molecular formula is C24H23ClN4O3S. The fourth-order valence-electron chi connectivity index (χ4n) is 3.93. The minimum absolute atomic E-state index is 0.176. The zero-order chi connectivity index (χ0) is 22.9. The molecule has 0 saturated carbocycles. The second kappa shape index (κ2) is 9.03. The van der Waals surface area contributed by atoms with Gasteiger partial charge in [0, 0.05) is 30.5 Å². The number of nitrogens with zero attached hydrogens (tertiary/aromatic N) is 4. The minimum atomic E-state index is -0.773. The van der Waals surface area contributed by atoms with Gasteiger partial charge in [0.05, 0.1) is 16.5 Å². The van der Waals surface area contributed by atoms with Crippen molar-refractivity contribution in [2.24, 2.45) is 0 Å². The summed E-state index contributed by atoms with van der Waals surface area (Å²) in [6, 6.07) is 11.2. The Morgan fingerprint density at radius 3 is 2.79 bits per heavy atom. The van der Waals surface area contributed by atoms with Crippen molar-refractivity contribution in [2.45, 2.75) is 39.0 Å². The smallest absolute Gasteiger partial charge is 0.273 e. The summed E-state index contributed by atoms with van der Waals surface area (Å²) in [5.74, 6) is 1.04. The number of carbonyl (C=O) groups is 1. The van der Waals surface area contributed by atoms with E-state index in [4.69, 9.17) is 26.1 Å². The molecule has 0 aliphatic carbocycles. The average molecular weight is 483 g/mol. The van der Waals surface area contributed by atoms with Crippen LogP contribution >= 0.6 is 22.9 Å². The molecule has 7 nitrogen and oxygen atoms in total. The first-order valence-electron chi connectivity index (χ1n) is 10.8. The van der Waals surface area contributed by atoms with Gasteiger partial charge in [0.25, 0.3) is 5.91 Å². The topological polar surface area (TPSA) is 69.5 Å². The van der Waals surface area contributed by atoms with Crippen molar-refractivity contribution in [1.29, 1.82) is 0 Å². The van der Waals surface area contributed by atoms with Crippen molar-refractivity contribution >= 4 is 44.2 Å². The predicted molar refractivity (Wildman–Crippen MR) is 130 cm³/mol. The lowest BCUT2D eigenvalue weighted by Gasteiger charge is -2.33. The summed E-state index contributed by atoms with van der Waals surface area (Å²) in [7, 11) is 0. The largest absolute Gasteiger partial charge is 0.482 e. The molecule has 0 radical (unpaired) electrons. The molecule has 0 saturated heterocycles. The first kappa shape index (κ1) is 21.7. The number of aromatic nitrogens is 3. The highest BCUT2D eigenvalue weighted by Crippen LogP contribution is 2.36. The number of hydrogen-bond donors (Lipinski definition) is 0. The maximum atomic E-state index is 13.8. The Kier molecular flexibility index (Phi) is 5.95. The standard InChI is InChI=1S/C24H23ClN4O3S/c1-15-12-17(25)13-20-21(15)27-24(33-20)29(10-5-9-28-11-8-26-14-28)23(30)22-16(2)31-18-6-3-4-7-19(18)32-22/h3-4,6-8,11-14,16,22H,5,9-10H2,1-2H3. The fraction of sp³-hybridized carbons (Fsp3) is 0.292. The van der Waals surface area contributed by atoms with E-state index in [0.717, 1.165) is 28.7 Å². The third-order valence-corrected chi connectivity index (χ3v) is 6.82. The van der Waals surface area contributed by atoms with E-state index < -0.39 is 12.2 Å². The van der Waals surface area contributed by atoms with E-state index in [2.05, 4.69) is 4.98 Å². The Hall–Kier alpha value is -3.10. The summed E-state index contributed by atoms with van der Waals surface area (Å²) in [5.41, 5.74) is 1.83. The number of carbonyl (C=O) groups excluding carboxylic acids is 1. The van der Waals surface area contributed by atoms with E-state index in [1.807, 2.05) is 61.0 Å². The van der Waals surface area contributed by atoms with E-state index in [1.54, 1.807) is 17.4 Å². The van der Waals surface area contributed by atoms with Crippen LogP contribution in [0.15, 0.2) is 55.1 Å². The van der Waals surface area contributed by atoms with E-state index in [-0.39, 0.29) is 5.91 Å². The van der Waals surface area contributed by atoms with Crippen LogP contribution in [-0.4, -0.2) is 39.2 Å². The number of benzene rings is 2. The molecule has 9 heteroatoms. The van der Waals surface area contributed by atoms with Crippen LogP contribution in [0.25, 0.3) is 10.2 Å². The van der Waals surface area contributed by atoms with Crippen molar-refractivity contribution in [2.75, 3.05) is 11.4 Å². The molecule has 0 fully saturated rings. The highest BCUT2D eigenvalue weighted by molar-refractivity contribution is 7.22. The summed E-state index contributed by atoms with van der Waals surface area (Å²) in [6.07, 6.45) is 4.95. The Labute approximate surface area is 200 Å². The van der Waals surface area contributed by atoms with Crippen LogP contribution in [0.5, 0.6) is 11.5 Å². The van der Waals surface area contributed by atoms with Crippen LogP contribution in [0.4, 0.5) is 5.13 Å². The molecule has 1 aliphatic heterocycles. The van der Waals surface area contributed by atoms with Gasteiger partial charge < -0.3 is 14.0 Å². The Balaban J connectivity index is 1.45. The summed E-state index contributed by atoms with van der Waals surface area (Å²) in [5, 5.41) is 1.28. The van der Waals surface area contributed by atoms with Crippen molar-refractivity contribution in [3.8, 4) is 11.5 Å². The number of imidazole rings is 1. The van der Waals surface area contributed by atoms with Gasteiger partial charge in [0.2, 0.25) is 6.10 Å². The van der Waals surface area contributed by atoms with Crippen LogP contribution < -0.4 is 14.4 Å². The Morgan fingerprint density at radius 1 is 1.24 bits per heavy atom. The number of anilines is 1. The second-order valence-corrected chi connectivity index (χ2v) is 9.46. The number of hydrogen-bond acceptors (Lipinski definition) is 6. The third kappa shape index (κ3) is 4.41. The van der Waals surface area contributed by atoms with Crippen LogP contribution in [-0.2, 0) is 11.3 Å². The van der Waals surface area contributed by atoms with Gasteiger partial charge in [-0.2, -0.15) is 0 Å². The van der Waals surface area contributed by atoms with Gasteiger partial charge >= 0.3 is 0 Å². The van der Waals surface area contributed by atoms with Crippen LogP contribution in [0.2, 0.25) is 5.02 Å². The quantitative estimate of drug-likeness (QED) is 0.382. The number of thiazole rings is 1. The average Bonchev–Trinajstić information content (AvgIpc) is 3.46. The van der Waals surface area contributed by atoms with Gasteiger partial charge in [-0.25, -0.2) is 9.97 Å². The number of para-hydroxylation sites is 2. The van der Waals surface area contributed by atoms with Crippen molar-refractivity contribution < 1.29 is 14.3 Å². The molecule has 3 heterocycles. The Bertz CT molecular complexity index is 1290. The lowest BCUT2D eigenvalue weighted by molar-refractivity contribution is -0.130. The Morgan fingerprint density at radius 2 is 2.03 bits per heavy atom. The first-order valence-corrected chi connectivity index (χ1v) is 11.9. The fourth-order valence-corrected chi connectivity index (χ4v) is 5.38. The van der Waals surface area contributed by atoms with E-state index in [1.165, 1.54) is 11.3 Å². The first-order chi connectivity index (χ1) is 16.0. The SMILES string of the molecule is Cc1cc(Cl)cc2sc(N(CCCn3ccnc3)C(=O)C3Oc4ccccc4OC3C)nc12. The van der Waals surface area contributed by atoms with Crippen LogP contribution in [0.3, 0.4) is 0 Å². The summed E-state index contributed by atoms with van der Waals surface area (Å²) < 4.78 is 15.0. The molecule has 0 spiro atoms.